The molecule has 4 nitrogen and oxygen atoms in total. The molecule has 0 fully saturated rings. The number of methoxy groups -OCH3 is 2. The van der Waals surface area contributed by atoms with Crippen LogP contribution in [0, 0.1) is 5.92 Å². The van der Waals surface area contributed by atoms with Crippen LogP contribution in [0.25, 0.3) is 0 Å². The Morgan fingerprint density at radius 3 is 2.53 bits per heavy atom. The third-order valence-corrected chi connectivity index (χ3v) is 2.92. The van der Waals surface area contributed by atoms with Gasteiger partial charge >= 0.3 is 5.97 Å². The van der Waals surface area contributed by atoms with E-state index in [2.05, 4.69) is 19.2 Å². The van der Waals surface area contributed by atoms with Gasteiger partial charge in [0.1, 0.15) is 11.8 Å². The first kappa shape index (κ1) is 15.5. The number of hydrogen-bond donors (Lipinski definition) is 1. The first-order chi connectivity index (χ1) is 9.08. The number of rotatable bonds is 7. The lowest BCUT2D eigenvalue weighted by Gasteiger charge is -2.19. The van der Waals surface area contributed by atoms with Crippen LogP contribution < -0.4 is 10.1 Å². The van der Waals surface area contributed by atoms with Gasteiger partial charge in [-0.1, -0.05) is 32.0 Å². The Labute approximate surface area is 115 Å². The fourth-order valence-corrected chi connectivity index (χ4v) is 1.96. The second kappa shape index (κ2) is 7.79. The standard InChI is InChI=1S/C15H23NO3/c1-11(2)9-13(15(17)19-4)16-10-12-7-5-6-8-14(12)18-3/h5-8,11,13,16H,9-10H2,1-4H3/t13-/m0/s1. The van der Waals surface area contributed by atoms with Gasteiger partial charge in [-0.2, -0.15) is 0 Å². The first-order valence-electron chi connectivity index (χ1n) is 6.51. The summed E-state index contributed by atoms with van der Waals surface area (Å²) in [6.45, 7) is 4.75. The van der Waals surface area contributed by atoms with Gasteiger partial charge in [0.2, 0.25) is 0 Å². The molecule has 19 heavy (non-hydrogen) atoms. The second-order valence-electron chi connectivity index (χ2n) is 4.90. The van der Waals surface area contributed by atoms with Crippen LogP contribution in [0.15, 0.2) is 24.3 Å². The molecule has 0 aliphatic rings. The van der Waals surface area contributed by atoms with Crippen molar-refractivity contribution in [3.05, 3.63) is 29.8 Å². The van der Waals surface area contributed by atoms with E-state index >= 15 is 0 Å². The Balaban J connectivity index is 2.67. The molecular formula is C15H23NO3. The molecule has 1 aromatic carbocycles. The number of benzene rings is 1. The second-order valence-corrected chi connectivity index (χ2v) is 4.90. The molecule has 0 saturated heterocycles. The maximum absolute atomic E-state index is 11.7. The van der Waals surface area contributed by atoms with Gasteiger partial charge in [-0.3, -0.25) is 4.79 Å². The number of carbonyl (C=O) groups is 1. The van der Waals surface area contributed by atoms with Gasteiger partial charge < -0.3 is 14.8 Å². The third kappa shape index (κ3) is 4.91. The van der Waals surface area contributed by atoms with Crippen molar-refractivity contribution in [2.24, 2.45) is 5.92 Å². The largest absolute Gasteiger partial charge is 0.496 e. The molecule has 0 radical (unpaired) electrons. The van der Waals surface area contributed by atoms with Crippen LogP contribution in [0.5, 0.6) is 5.75 Å². The highest BCUT2D eigenvalue weighted by Crippen LogP contribution is 2.17. The van der Waals surface area contributed by atoms with E-state index in [9.17, 15) is 4.79 Å². The zero-order chi connectivity index (χ0) is 14.3. The molecule has 0 spiro atoms. The summed E-state index contributed by atoms with van der Waals surface area (Å²) in [5, 5.41) is 3.24. The smallest absolute Gasteiger partial charge is 0.322 e. The molecule has 0 amide bonds. The van der Waals surface area contributed by atoms with E-state index in [1.807, 2.05) is 24.3 Å². The average Bonchev–Trinajstić information content (AvgIpc) is 2.42. The minimum atomic E-state index is -0.282. The van der Waals surface area contributed by atoms with Crippen molar-refractivity contribution in [2.45, 2.75) is 32.9 Å². The summed E-state index contributed by atoms with van der Waals surface area (Å²) in [5.41, 5.74) is 1.03. The van der Waals surface area contributed by atoms with Crippen LogP contribution in [-0.4, -0.2) is 26.2 Å². The summed E-state index contributed by atoms with van der Waals surface area (Å²) in [5.74, 6) is 1.03. The summed E-state index contributed by atoms with van der Waals surface area (Å²) in [6.07, 6.45) is 0.752. The van der Waals surface area contributed by atoms with Crippen molar-refractivity contribution >= 4 is 5.97 Å². The molecule has 0 bridgehead atoms. The monoisotopic (exact) mass is 265 g/mol. The maximum atomic E-state index is 11.7. The predicted molar refractivity (Wildman–Crippen MR) is 75.1 cm³/mol. The average molecular weight is 265 g/mol. The Morgan fingerprint density at radius 2 is 1.95 bits per heavy atom. The highest BCUT2D eigenvalue weighted by molar-refractivity contribution is 5.75. The fourth-order valence-electron chi connectivity index (χ4n) is 1.96. The molecule has 1 rings (SSSR count). The number of para-hydroxylation sites is 1. The molecule has 0 aliphatic carbocycles. The van der Waals surface area contributed by atoms with Crippen LogP contribution in [0.3, 0.4) is 0 Å². The van der Waals surface area contributed by atoms with Crippen molar-refractivity contribution < 1.29 is 14.3 Å². The highest BCUT2D eigenvalue weighted by atomic mass is 16.5. The lowest BCUT2D eigenvalue weighted by molar-refractivity contribution is -0.143. The van der Waals surface area contributed by atoms with E-state index < -0.39 is 0 Å². The first-order valence-corrected chi connectivity index (χ1v) is 6.51. The van der Waals surface area contributed by atoms with E-state index in [1.165, 1.54) is 7.11 Å². The number of nitrogens with one attached hydrogen (secondary N) is 1. The molecule has 0 unspecified atom stereocenters. The molecule has 106 valence electrons. The molecular weight excluding hydrogens is 242 g/mol. The molecule has 0 heterocycles. The van der Waals surface area contributed by atoms with Crippen molar-refractivity contribution in [1.82, 2.24) is 5.32 Å². The maximum Gasteiger partial charge on any atom is 0.322 e. The highest BCUT2D eigenvalue weighted by Gasteiger charge is 2.20. The van der Waals surface area contributed by atoms with Crippen molar-refractivity contribution in [1.29, 1.82) is 0 Å². The van der Waals surface area contributed by atoms with Gasteiger partial charge in [0.25, 0.3) is 0 Å². The SMILES string of the molecule is COC(=O)[C@H](CC(C)C)NCc1ccccc1OC. The number of carbonyl (C=O) groups excluding carboxylic acids is 1. The van der Waals surface area contributed by atoms with Crippen molar-refractivity contribution in [2.75, 3.05) is 14.2 Å². The van der Waals surface area contributed by atoms with Crippen LogP contribution >= 0.6 is 0 Å². The zero-order valence-corrected chi connectivity index (χ0v) is 12.1. The lowest BCUT2D eigenvalue weighted by Crippen LogP contribution is -2.38. The van der Waals surface area contributed by atoms with Crippen LogP contribution in [-0.2, 0) is 16.1 Å². The lowest BCUT2D eigenvalue weighted by atomic mass is 10.0. The van der Waals surface area contributed by atoms with Gasteiger partial charge in [0, 0.05) is 12.1 Å². The quantitative estimate of drug-likeness (QED) is 0.769. The minimum Gasteiger partial charge on any atom is -0.496 e. The zero-order valence-electron chi connectivity index (χ0n) is 12.1. The normalized spacial score (nSPS) is 12.3. The van der Waals surface area contributed by atoms with Gasteiger partial charge in [-0.25, -0.2) is 0 Å². The molecule has 0 aromatic heterocycles. The van der Waals surface area contributed by atoms with Gasteiger partial charge in [-0.05, 0) is 18.4 Å². The fraction of sp³-hybridized carbons (Fsp3) is 0.533. The summed E-state index contributed by atoms with van der Waals surface area (Å²) in [4.78, 5) is 11.7. The predicted octanol–water partition coefficient (Wildman–Crippen LogP) is 2.37. The van der Waals surface area contributed by atoms with E-state index in [0.29, 0.717) is 12.5 Å². The topological polar surface area (TPSA) is 47.6 Å². The van der Waals surface area contributed by atoms with E-state index in [4.69, 9.17) is 9.47 Å². The Kier molecular flexibility index (Phi) is 6.36. The Morgan fingerprint density at radius 1 is 1.26 bits per heavy atom. The molecule has 0 aliphatic heterocycles. The van der Waals surface area contributed by atoms with Gasteiger partial charge in [-0.15, -0.1) is 0 Å². The summed E-state index contributed by atoms with van der Waals surface area (Å²) < 4.78 is 10.1. The molecule has 1 N–H and O–H groups in total. The third-order valence-electron chi connectivity index (χ3n) is 2.92. The van der Waals surface area contributed by atoms with Crippen LogP contribution in [0.1, 0.15) is 25.8 Å². The Bertz CT molecular complexity index is 404. The van der Waals surface area contributed by atoms with Crippen LogP contribution in [0.2, 0.25) is 0 Å². The summed E-state index contributed by atoms with van der Waals surface area (Å²) >= 11 is 0. The van der Waals surface area contributed by atoms with E-state index in [1.54, 1.807) is 7.11 Å². The molecule has 1 aromatic rings. The van der Waals surface area contributed by atoms with Crippen LogP contribution in [0.4, 0.5) is 0 Å². The molecule has 0 saturated carbocycles. The van der Waals surface area contributed by atoms with E-state index in [0.717, 1.165) is 17.7 Å². The molecule has 4 heteroatoms. The number of esters is 1. The summed E-state index contributed by atoms with van der Waals surface area (Å²) in [7, 11) is 3.06. The van der Waals surface area contributed by atoms with E-state index in [-0.39, 0.29) is 12.0 Å². The van der Waals surface area contributed by atoms with Gasteiger partial charge in [0.15, 0.2) is 0 Å². The molecule has 1 atom stereocenters. The summed E-state index contributed by atoms with van der Waals surface area (Å²) in [6, 6.07) is 7.49. The number of hydrogen-bond acceptors (Lipinski definition) is 4. The van der Waals surface area contributed by atoms with Crippen molar-refractivity contribution in [3.8, 4) is 5.75 Å². The number of ether oxygens (including phenoxy) is 2. The van der Waals surface area contributed by atoms with Gasteiger partial charge in [0.05, 0.1) is 14.2 Å². The van der Waals surface area contributed by atoms with Crippen molar-refractivity contribution in [3.63, 3.8) is 0 Å². The minimum absolute atomic E-state index is 0.219. The Hall–Kier alpha value is -1.55.